The van der Waals surface area contributed by atoms with Crippen LogP contribution < -0.4 is 14.8 Å². The minimum absolute atomic E-state index is 0.156. The number of fused-ring (bicyclic) bond motifs is 1. The largest absolute Gasteiger partial charge is 0.492 e. The highest BCUT2D eigenvalue weighted by molar-refractivity contribution is 9.10. The summed E-state index contributed by atoms with van der Waals surface area (Å²) in [7, 11) is 0. The highest BCUT2D eigenvalue weighted by Gasteiger charge is 2.22. The highest BCUT2D eigenvalue weighted by atomic mass is 79.9. The molecule has 1 aliphatic heterocycles. The minimum atomic E-state index is 0.156. The van der Waals surface area contributed by atoms with Crippen LogP contribution in [0.5, 0.6) is 11.5 Å². The van der Waals surface area contributed by atoms with Gasteiger partial charge in [-0.3, -0.25) is 0 Å². The zero-order valence-corrected chi connectivity index (χ0v) is 13.5. The molecule has 2 aromatic carbocycles. The standard InChI is InChI=1S/C17H18BrNO2/c1-2-20-17-6-4-3-5-15(17)19-11-14-10-12-9-13(18)7-8-16(12)21-14/h3-9,14,19H,2,10-11H2,1H3. The highest BCUT2D eigenvalue weighted by Crippen LogP contribution is 2.32. The zero-order chi connectivity index (χ0) is 14.7. The summed E-state index contributed by atoms with van der Waals surface area (Å²) in [5.41, 5.74) is 2.27. The molecule has 2 aromatic rings. The first-order chi connectivity index (χ1) is 10.3. The van der Waals surface area contributed by atoms with Gasteiger partial charge in [-0.1, -0.05) is 28.1 Å². The topological polar surface area (TPSA) is 30.5 Å². The van der Waals surface area contributed by atoms with Gasteiger partial charge in [0, 0.05) is 10.9 Å². The third kappa shape index (κ3) is 3.32. The molecule has 110 valence electrons. The van der Waals surface area contributed by atoms with E-state index in [4.69, 9.17) is 9.47 Å². The molecule has 21 heavy (non-hydrogen) atoms. The van der Waals surface area contributed by atoms with Crippen LogP contribution in [-0.4, -0.2) is 19.3 Å². The Morgan fingerprint density at radius 3 is 3.00 bits per heavy atom. The molecule has 4 heteroatoms. The zero-order valence-electron chi connectivity index (χ0n) is 11.9. The average molecular weight is 348 g/mol. The molecule has 0 radical (unpaired) electrons. The minimum Gasteiger partial charge on any atom is -0.492 e. The first-order valence-electron chi connectivity index (χ1n) is 7.17. The van der Waals surface area contributed by atoms with E-state index in [0.29, 0.717) is 6.61 Å². The molecule has 1 heterocycles. The van der Waals surface area contributed by atoms with E-state index in [-0.39, 0.29) is 6.10 Å². The number of halogens is 1. The van der Waals surface area contributed by atoms with Crippen LogP contribution in [0.25, 0.3) is 0 Å². The number of ether oxygens (including phenoxy) is 2. The first kappa shape index (κ1) is 14.3. The molecule has 0 fully saturated rings. The maximum atomic E-state index is 5.96. The van der Waals surface area contributed by atoms with Crippen molar-refractivity contribution in [2.75, 3.05) is 18.5 Å². The van der Waals surface area contributed by atoms with Crippen molar-refractivity contribution in [3.05, 3.63) is 52.5 Å². The molecule has 1 N–H and O–H groups in total. The molecule has 1 aliphatic rings. The van der Waals surface area contributed by atoms with E-state index < -0.39 is 0 Å². The maximum absolute atomic E-state index is 5.96. The number of anilines is 1. The number of para-hydroxylation sites is 2. The predicted octanol–water partition coefficient (Wildman–Crippen LogP) is 4.26. The summed E-state index contributed by atoms with van der Waals surface area (Å²) < 4.78 is 12.7. The maximum Gasteiger partial charge on any atom is 0.142 e. The first-order valence-corrected chi connectivity index (χ1v) is 7.96. The van der Waals surface area contributed by atoms with Crippen LogP contribution in [0.1, 0.15) is 12.5 Å². The van der Waals surface area contributed by atoms with Crippen LogP contribution in [0.4, 0.5) is 5.69 Å². The summed E-state index contributed by atoms with van der Waals surface area (Å²) in [4.78, 5) is 0. The lowest BCUT2D eigenvalue weighted by atomic mass is 10.1. The second kappa shape index (κ2) is 6.39. The Balaban J connectivity index is 1.62. The van der Waals surface area contributed by atoms with Gasteiger partial charge in [-0.15, -0.1) is 0 Å². The molecule has 0 bridgehead atoms. The van der Waals surface area contributed by atoms with Gasteiger partial charge in [0.25, 0.3) is 0 Å². The molecule has 0 saturated carbocycles. The molecule has 0 saturated heterocycles. The van der Waals surface area contributed by atoms with E-state index in [1.165, 1.54) is 5.56 Å². The quantitative estimate of drug-likeness (QED) is 0.876. The molecule has 1 atom stereocenters. The van der Waals surface area contributed by atoms with Crippen LogP contribution in [0.3, 0.4) is 0 Å². The van der Waals surface area contributed by atoms with Crippen LogP contribution in [0.15, 0.2) is 46.9 Å². The van der Waals surface area contributed by atoms with Crippen molar-refractivity contribution >= 4 is 21.6 Å². The van der Waals surface area contributed by atoms with Crippen molar-refractivity contribution in [1.29, 1.82) is 0 Å². The van der Waals surface area contributed by atoms with Crippen molar-refractivity contribution in [2.24, 2.45) is 0 Å². The monoisotopic (exact) mass is 347 g/mol. The lowest BCUT2D eigenvalue weighted by Crippen LogP contribution is -2.24. The second-order valence-corrected chi connectivity index (χ2v) is 5.92. The molecule has 0 aromatic heterocycles. The lowest BCUT2D eigenvalue weighted by Gasteiger charge is -2.15. The molecule has 3 rings (SSSR count). The molecule has 0 amide bonds. The predicted molar refractivity (Wildman–Crippen MR) is 88.4 cm³/mol. The third-order valence-corrected chi connectivity index (χ3v) is 3.96. The molecule has 3 nitrogen and oxygen atoms in total. The Kier molecular flexibility index (Phi) is 4.34. The summed E-state index contributed by atoms with van der Waals surface area (Å²) in [6, 6.07) is 14.2. The summed E-state index contributed by atoms with van der Waals surface area (Å²) >= 11 is 3.50. The van der Waals surface area contributed by atoms with Gasteiger partial charge in [-0.05, 0) is 42.8 Å². The van der Waals surface area contributed by atoms with Gasteiger partial charge in [0.2, 0.25) is 0 Å². The Morgan fingerprint density at radius 1 is 1.29 bits per heavy atom. The third-order valence-electron chi connectivity index (χ3n) is 3.47. The summed E-state index contributed by atoms with van der Waals surface area (Å²) in [5.74, 6) is 1.88. The van der Waals surface area contributed by atoms with E-state index in [2.05, 4.69) is 27.3 Å². The summed E-state index contributed by atoms with van der Waals surface area (Å²) in [6.07, 6.45) is 1.09. The summed E-state index contributed by atoms with van der Waals surface area (Å²) in [6.45, 7) is 3.42. The van der Waals surface area contributed by atoms with Gasteiger partial charge in [0.15, 0.2) is 0 Å². The SMILES string of the molecule is CCOc1ccccc1NCC1Cc2cc(Br)ccc2O1. The van der Waals surface area contributed by atoms with E-state index in [9.17, 15) is 0 Å². The number of nitrogens with one attached hydrogen (secondary N) is 1. The average Bonchev–Trinajstić information content (AvgIpc) is 2.88. The number of rotatable bonds is 5. The normalized spacial score (nSPS) is 16.2. The fraction of sp³-hybridized carbons (Fsp3) is 0.294. The van der Waals surface area contributed by atoms with Gasteiger partial charge >= 0.3 is 0 Å². The second-order valence-electron chi connectivity index (χ2n) is 5.01. The smallest absolute Gasteiger partial charge is 0.142 e. The van der Waals surface area contributed by atoms with Gasteiger partial charge < -0.3 is 14.8 Å². The Bertz CT molecular complexity index is 630. The van der Waals surface area contributed by atoms with E-state index in [0.717, 1.165) is 34.6 Å². The number of hydrogen-bond donors (Lipinski definition) is 1. The number of benzene rings is 2. The molecule has 0 aliphatic carbocycles. The molecular formula is C17H18BrNO2. The van der Waals surface area contributed by atoms with Crippen molar-refractivity contribution in [1.82, 2.24) is 0 Å². The van der Waals surface area contributed by atoms with Crippen molar-refractivity contribution < 1.29 is 9.47 Å². The fourth-order valence-electron chi connectivity index (χ4n) is 2.52. The van der Waals surface area contributed by atoms with Gasteiger partial charge in [-0.25, -0.2) is 0 Å². The van der Waals surface area contributed by atoms with Crippen LogP contribution in [0, 0.1) is 0 Å². The fourth-order valence-corrected chi connectivity index (χ4v) is 2.93. The number of hydrogen-bond acceptors (Lipinski definition) is 3. The van der Waals surface area contributed by atoms with E-state index >= 15 is 0 Å². The van der Waals surface area contributed by atoms with Crippen molar-refractivity contribution in [3.63, 3.8) is 0 Å². The lowest BCUT2D eigenvalue weighted by molar-refractivity contribution is 0.246. The molecule has 0 spiro atoms. The van der Waals surface area contributed by atoms with Crippen LogP contribution in [0.2, 0.25) is 0 Å². The van der Waals surface area contributed by atoms with E-state index in [1.54, 1.807) is 0 Å². The summed E-state index contributed by atoms with van der Waals surface area (Å²) in [5, 5.41) is 3.43. The Hall–Kier alpha value is -1.68. The Labute approximate surface area is 133 Å². The van der Waals surface area contributed by atoms with E-state index in [1.807, 2.05) is 43.3 Å². The van der Waals surface area contributed by atoms with Crippen LogP contribution >= 0.6 is 15.9 Å². The van der Waals surface area contributed by atoms with Gasteiger partial charge in [0.1, 0.15) is 17.6 Å². The van der Waals surface area contributed by atoms with Gasteiger partial charge in [-0.2, -0.15) is 0 Å². The van der Waals surface area contributed by atoms with Crippen molar-refractivity contribution in [3.8, 4) is 11.5 Å². The Morgan fingerprint density at radius 2 is 2.14 bits per heavy atom. The molecule has 1 unspecified atom stereocenters. The van der Waals surface area contributed by atoms with Gasteiger partial charge in [0.05, 0.1) is 18.8 Å². The van der Waals surface area contributed by atoms with Crippen molar-refractivity contribution in [2.45, 2.75) is 19.4 Å². The van der Waals surface area contributed by atoms with Crippen LogP contribution in [-0.2, 0) is 6.42 Å². The molecular weight excluding hydrogens is 330 g/mol.